The molecule has 0 spiro atoms. The number of hydrogen-bond acceptors (Lipinski definition) is 0. The van der Waals surface area contributed by atoms with Gasteiger partial charge in [0.1, 0.15) is 0 Å². The quantitative estimate of drug-likeness (QED) is 0.427. The van der Waals surface area contributed by atoms with E-state index in [0.29, 0.717) is 0 Å². The maximum absolute atomic E-state index is 1.95. The molecule has 2 unspecified atom stereocenters. The van der Waals surface area contributed by atoms with Gasteiger partial charge >= 0.3 is 0 Å². The van der Waals surface area contributed by atoms with Gasteiger partial charge in [-0.3, -0.25) is 0 Å². The van der Waals surface area contributed by atoms with Crippen LogP contribution in [-0.2, 0) is 0 Å². The Labute approximate surface area is 43.9 Å². The summed E-state index contributed by atoms with van der Waals surface area (Å²) in [7, 11) is 0. The van der Waals surface area contributed by atoms with Crippen LogP contribution in [0, 0.1) is 23.7 Å². The van der Waals surface area contributed by atoms with Gasteiger partial charge in [0.2, 0.25) is 0 Å². The number of hydrogen-bond donors (Lipinski definition) is 0. The SMILES string of the molecule is C1[C]2C3CC1CC23. The molecule has 37 valence electrons. The summed E-state index contributed by atoms with van der Waals surface area (Å²) in [6.45, 7) is 0. The van der Waals surface area contributed by atoms with Crippen LogP contribution < -0.4 is 0 Å². The average molecular weight is 93.1 g/mol. The second kappa shape index (κ2) is 0.667. The summed E-state index contributed by atoms with van der Waals surface area (Å²) in [6.07, 6.45) is 4.70. The standard InChI is InChI=1S/C7H9/c1-4-2-6-5(1)7(6)3-4/h4-6H,1-3H2. The highest BCUT2D eigenvalue weighted by Gasteiger charge is 2.63. The molecule has 0 aromatic carbocycles. The first-order valence-electron chi connectivity index (χ1n) is 3.31. The molecule has 0 N–H and O–H groups in total. The first-order chi connectivity index (χ1) is 3.45. The van der Waals surface area contributed by atoms with Crippen molar-refractivity contribution in [2.75, 3.05) is 0 Å². The van der Waals surface area contributed by atoms with Crippen molar-refractivity contribution in [3.63, 3.8) is 0 Å². The Morgan fingerprint density at radius 2 is 1.86 bits per heavy atom. The predicted molar refractivity (Wildman–Crippen MR) is 27.6 cm³/mol. The third kappa shape index (κ3) is 0.198. The smallest absolute Gasteiger partial charge is 0.0170 e. The molecule has 4 aliphatic carbocycles. The molecule has 0 heteroatoms. The van der Waals surface area contributed by atoms with Crippen LogP contribution in [0.1, 0.15) is 19.3 Å². The molecule has 4 bridgehead atoms. The lowest BCUT2D eigenvalue weighted by atomic mass is 10.1. The highest BCUT2D eigenvalue weighted by atomic mass is 14.7. The Morgan fingerprint density at radius 3 is 2.00 bits per heavy atom. The maximum atomic E-state index is 1.95. The van der Waals surface area contributed by atoms with Crippen molar-refractivity contribution in [1.82, 2.24) is 0 Å². The van der Waals surface area contributed by atoms with Crippen LogP contribution >= 0.6 is 0 Å². The van der Waals surface area contributed by atoms with E-state index in [1.165, 1.54) is 24.2 Å². The molecule has 4 fully saturated rings. The van der Waals surface area contributed by atoms with E-state index in [2.05, 4.69) is 0 Å². The maximum Gasteiger partial charge on any atom is -0.0170 e. The summed E-state index contributed by atoms with van der Waals surface area (Å²) in [4.78, 5) is 0. The van der Waals surface area contributed by atoms with Gasteiger partial charge in [-0.1, -0.05) is 0 Å². The van der Waals surface area contributed by atoms with Crippen LogP contribution in [0.3, 0.4) is 0 Å². The summed E-state index contributed by atoms with van der Waals surface area (Å²) in [6, 6.07) is 0. The fourth-order valence-corrected chi connectivity index (χ4v) is 2.69. The zero-order chi connectivity index (χ0) is 4.43. The molecule has 2 atom stereocenters. The van der Waals surface area contributed by atoms with Gasteiger partial charge in [0, 0.05) is 0 Å². The number of rotatable bonds is 0. The monoisotopic (exact) mass is 93.1 g/mol. The van der Waals surface area contributed by atoms with Crippen molar-refractivity contribution >= 4 is 0 Å². The Kier molecular flexibility index (Phi) is 0.296. The first-order valence-corrected chi connectivity index (χ1v) is 3.31. The van der Waals surface area contributed by atoms with Crippen molar-refractivity contribution in [1.29, 1.82) is 0 Å². The Bertz CT molecular complexity index is 87.4. The molecule has 0 amide bonds. The van der Waals surface area contributed by atoms with E-state index < -0.39 is 0 Å². The van der Waals surface area contributed by atoms with E-state index in [4.69, 9.17) is 0 Å². The summed E-state index contributed by atoms with van der Waals surface area (Å²) in [5, 5.41) is 0. The van der Waals surface area contributed by atoms with Crippen molar-refractivity contribution in [3.8, 4) is 0 Å². The van der Waals surface area contributed by atoms with Gasteiger partial charge in [-0.2, -0.15) is 0 Å². The molecule has 1 radical (unpaired) electrons. The van der Waals surface area contributed by atoms with Gasteiger partial charge in [0.05, 0.1) is 0 Å². The van der Waals surface area contributed by atoms with Crippen molar-refractivity contribution in [2.45, 2.75) is 19.3 Å². The third-order valence-corrected chi connectivity index (χ3v) is 3.03. The Morgan fingerprint density at radius 1 is 1.14 bits per heavy atom. The van der Waals surface area contributed by atoms with Gasteiger partial charge in [-0.25, -0.2) is 0 Å². The molecule has 4 rings (SSSR count). The van der Waals surface area contributed by atoms with Crippen LogP contribution in [-0.4, -0.2) is 0 Å². The molecule has 4 aliphatic rings. The molecular weight excluding hydrogens is 84.1 g/mol. The highest BCUT2D eigenvalue weighted by Crippen LogP contribution is 2.71. The second-order valence-corrected chi connectivity index (χ2v) is 3.33. The fraction of sp³-hybridized carbons (Fsp3) is 0.857. The zero-order valence-electron chi connectivity index (χ0n) is 4.35. The minimum absolute atomic E-state index is 1.17. The van der Waals surface area contributed by atoms with Crippen molar-refractivity contribution in [3.05, 3.63) is 5.92 Å². The lowest BCUT2D eigenvalue weighted by Gasteiger charge is -1.91. The molecule has 4 saturated carbocycles. The fourth-order valence-electron chi connectivity index (χ4n) is 2.69. The first kappa shape index (κ1) is 3.11. The van der Waals surface area contributed by atoms with E-state index >= 15 is 0 Å². The van der Waals surface area contributed by atoms with Crippen LogP contribution in [0.15, 0.2) is 0 Å². The van der Waals surface area contributed by atoms with Gasteiger partial charge in [0.15, 0.2) is 0 Å². The molecule has 0 nitrogen and oxygen atoms in total. The normalized spacial score (nSPS) is 64.3. The van der Waals surface area contributed by atoms with E-state index in [0.717, 1.165) is 0 Å². The zero-order valence-corrected chi connectivity index (χ0v) is 4.35. The van der Waals surface area contributed by atoms with Crippen LogP contribution in [0.5, 0.6) is 0 Å². The Balaban J connectivity index is 2.17. The van der Waals surface area contributed by atoms with E-state index in [1.807, 2.05) is 5.92 Å². The van der Waals surface area contributed by atoms with Crippen LogP contribution in [0.4, 0.5) is 0 Å². The Hall–Kier alpha value is 0. The molecule has 0 aromatic rings. The predicted octanol–water partition coefficient (Wildman–Crippen LogP) is 1.62. The van der Waals surface area contributed by atoms with E-state index in [9.17, 15) is 0 Å². The minimum Gasteiger partial charge on any atom is -0.0467 e. The highest BCUT2D eigenvalue weighted by molar-refractivity contribution is 5.32. The van der Waals surface area contributed by atoms with Crippen molar-refractivity contribution in [2.24, 2.45) is 17.8 Å². The molecule has 0 heterocycles. The van der Waals surface area contributed by atoms with Crippen LogP contribution in [0.25, 0.3) is 0 Å². The topological polar surface area (TPSA) is 0 Å². The van der Waals surface area contributed by atoms with Gasteiger partial charge in [0.25, 0.3) is 0 Å². The summed E-state index contributed by atoms with van der Waals surface area (Å²) >= 11 is 0. The largest absolute Gasteiger partial charge is 0.0467 e. The summed E-state index contributed by atoms with van der Waals surface area (Å²) in [5.41, 5.74) is 0. The van der Waals surface area contributed by atoms with E-state index in [-0.39, 0.29) is 0 Å². The summed E-state index contributed by atoms with van der Waals surface area (Å²) in [5.74, 6) is 5.46. The molecule has 0 aliphatic heterocycles. The lowest BCUT2D eigenvalue weighted by Crippen LogP contribution is -1.79. The molecule has 0 aromatic heterocycles. The van der Waals surface area contributed by atoms with Crippen molar-refractivity contribution < 1.29 is 0 Å². The van der Waals surface area contributed by atoms with Crippen LogP contribution in [0.2, 0.25) is 0 Å². The molecule has 0 saturated heterocycles. The summed E-state index contributed by atoms with van der Waals surface area (Å²) < 4.78 is 0. The van der Waals surface area contributed by atoms with E-state index in [1.54, 1.807) is 12.8 Å². The third-order valence-electron chi connectivity index (χ3n) is 3.03. The second-order valence-electron chi connectivity index (χ2n) is 3.33. The lowest BCUT2D eigenvalue weighted by molar-refractivity contribution is 0.607. The van der Waals surface area contributed by atoms with Gasteiger partial charge in [-0.05, 0) is 42.9 Å². The average Bonchev–Trinajstić information content (AvgIpc) is 2.10. The molecular formula is C7H9. The van der Waals surface area contributed by atoms with Gasteiger partial charge < -0.3 is 0 Å². The van der Waals surface area contributed by atoms with Gasteiger partial charge in [-0.15, -0.1) is 0 Å². The molecule has 7 heavy (non-hydrogen) atoms. The minimum atomic E-state index is 1.17.